The molecule has 16 heavy (non-hydrogen) atoms. The molecule has 0 amide bonds. The van der Waals surface area contributed by atoms with Crippen LogP contribution in [0.25, 0.3) is 0 Å². The van der Waals surface area contributed by atoms with Crippen molar-refractivity contribution in [3.63, 3.8) is 0 Å². The molecule has 0 bridgehead atoms. The maximum absolute atomic E-state index is 3.61. The minimum atomic E-state index is 0.826. The molecule has 2 nitrogen and oxygen atoms in total. The highest BCUT2D eigenvalue weighted by molar-refractivity contribution is 9.10. The summed E-state index contributed by atoms with van der Waals surface area (Å²) in [7, 11) is 2.04. The van der Waals surface area contributed by atoms with Gasteiger partial charge in [0.25, 0.3) is 0 Å². The topological polar surface area (TPSA) is 15.3 Å². The van der Waals surface area contributed by atoms with Gasteiger partial charge in [-0.3, -0.25) is 4.90 Å². The lowest BCUT2D eigenvalue weighted by Gasteiger charge is -2.16. The minimum Gasteiger partial charge on any atom is -0.319 e. The standard InChI is InChI=1S/C13H19BrN2/c1-15-8-11-6-7-16(9-11)10-12-4-2-3-5-13(12)14/h2-5,11,15H,6-10H2,1H3. The first-order chi connectivity index (χ1) is 7.79. The van der Waals surface area contributed by atoms with Crippen LogP contribution in [0.3, 0.4) is 0 Å². The molecule has 3 heteroatoms. The molecule has 1 aromatic rings. The fraction of sp³-hybridized carbons (Fsp3) is 0.538. The summed E-state index contributed by atoms with van der Waals surface area (Å²) >= 11 is 3.61. The highest BCUT2D eigenvalue weighted by atomic mass is 79.9. The summed E-state index contributed by atoms with van der Waals surface area (Å²) in [4.78, 5) is 2.54. The van der Waals surface area contributed by atoms with Crippen molar-refractivity contribution >= 4 is 15.9 Å². The van der Waals surface area contributed by atoms with E-state index in [2.05, 4.69) is 50.4 Å². The van der Waals surface area contributed by atoms with Gasteiger partial charge in [-0.1, -0.05) is 34.1 Å². The largest absolute Gasteiger partial charge is 0.319 e. The number of nitrogens with zero attached hydrogens (tertiary/aromatic N) is 1. The first-order valence-electron chi connectivity index (χ1n) is 5.90. The molecule has 1 fully saturated rings. The normalized spacial score (nSPS) is 21.5. The summed E-state index contributed by atoms with van der Waals surface area (Å²) in [5.74, 6) is 0.826. The summed E-state index contributed by atoms with van der Waals surface area (Å²) in [6, 6.07) is 8.51. The van der Waals surface area contributed by atoms with Crippen LogP contribution in [0.2, 0.25) is 0 Å². The second kappa shape index (κ2) is 5.80. The number of likely N-dealkylation sites (tertiary alicyclic amines) is 1. The van der Waals surface area contributed by atoms with Crippen molar-refractivity contribution < 1.29 is 0 Å². The highest BCUT2D eigenvalue weighted by Crippen LogP contribution is 2.22. The molecule has 0 aliphatic carbocycles. The first-order valence-corrected chi connectivity index (χ1v) is 6.69. The molecular weight excluding hydrogens is 264 g/mol. The van der Waals surface area contributed by atoms with Crippen molar-refractivity contribution in [2.75, 3.05) is 26.7 Å². The Balaban J connectivity index is 1.90. The van der Waals surface area contributed by atoms with E-state index in [4.69, 9.17) is 0 Å². The van der Waals surface area contributed by atoms with Crippen LogP contribution >= 0.6 is 15.9 Å². The van der Waals surface area contributed by atoms with Gasteiger partial charge in [-0.05, 0) is 44.1 Å². The average molecular weight is 283 g/mol. The molecule has 0 radical (unpaired) electrons. The molecule has 1 N–H and O–H groups in total. The Kier molecular flexibility index (Phi) is 4.38. The Hall–Kier alpha value is -0.380. The molecule has 0 aromatic heterocycles. The van der Waals surface area contributed by atoms with Crippen molar-refractivity contribution in [2.24, 2.45) is 5.92 Å². The van der Waals surface area contributed by atoms with Gasteiger partial charge in [0.05, 0.1) is 0 Å². The molecule has 1 aromatic carbocycles. The van der Waals surface area contributed by atoms with Crippen molar-refractivity contribution in [2.45, 2.75) is 13.0 Å². The Bertz CT molecular complexity index is 340. The van der Waals surface area contributed by atoms with Crippen molar-refractivity contribution in [1.29, 1.82) is 0 Å². The van der Waals surface area contributed by atoms with Crippen LogP contribution in [0.1, 0.15) is 12.0 Å². The fourth-order valence-electron chi connectivity index (χ4n) is 2.38. The number of rotatable bonds is 4. The van der Waals surface area contributed by atoms with E-state index in [1.165, 1.54) is 29.5 Å². The Morgan fingerprint density at radius 2 is 2.25 bits per heavy atom. The molecule has 2 rings (SSSR count). The van der Waals surface area contributed by atoms with Crippen LogP contribution in [0, 0.1) is 5.92 Å². The molecule has 1 aliphatic heterocycles. The molecular formula is C13H19BrN2. The summed E-state index contributed by atoms with van der Waals surface area (Å²) < 4.78 is 1.23. The lowest BCUT2D eigenvalue weighted by atomic mass is 10.1. The van der Waals surface area contributed by atoms with E-state index >= 15 is 0 Å². The third kappa shape index (κ3) is 3.06. The maximum atomic E-state index is 3.61. The summed E-state index contributed by atoms with van der Waals surface area (Å²) in [5.41, 5.74) is 1.40. The maximum Gasteiger partial charge on any atom is 0.0245 e. The molecule has 88 valence electrons. The fourth-order valence-corrected chi connectivity index (χ4v) is 2.79. The van der Waals surface area contributed by atoms with Gasteiger partial charge in [0.2, 0.25) is 0 Å². The zero-order chi connectivity index (χ0) is 11.4. The smallest absolute Gasteiger partial charge is 0.0245 e. The first kappa shape index (κ1) is 12.1. The predicted octanol–water partition coefficient (Wildman–Crippen LogP) is 2.49. The van der Waals surface area contributed by atoms with Crippen molar-refractivity contribution in [1.82, 2.24) is 10.2 Å². The number of benzene rings is 1. The van der Waals surface area contributed by atoms with Crippen LogP contribution in [0.15, 0.2) is 28.7 Å². The van der Waals surface area contributed by atoms with Gasteiger partial charge in [-0.2, -0.15) is 0 Å². The monoisotopic (exact) mass is 282 g/mol. The van der Waals surface area contributed by atoms with Gasteiger partial charge in [-0.25, -0.2) is 0 Å². The third-order valence-corrected chi connectivity index (χ3v) is 3.99. The van der Waals surface area contributed by atoms with E-state index in [0.717, 1.165) is 19.0 Å². The number of nitrogens with one attached hydrogen (secondary N) is 1. The molecule has 1 unspecified atom stereocenters. The SMILES string of the molecule is CNCC1CCN(Cc2ccccc2Br)C1. The van der Waals surface area contributed by atoms with Gasteiger partial charge in [0.15, 0.2) is 0 Å². The van der Waals surface area contributed by atoms with Crippen LogP contribution in [0.4, 0.5) is 0 Å². The van der Waals surface area contributed by atoms with Crippen LogP contribution in [-0.4, -0.2) is 31.6 Å². The zero-order valence-corrected chi connectivity index (χ0v) is 11.3. The number of hydrogen-bond donors (Lipinski definition) is 1. The van der Waals surface area contributed by atoms with E-state index in [1.807, 2.05) is 7.05 Å². The molecule has 1 heterocycles. The van der Waals surface area contributed by atoms with Gasteiger partial charge < -0.3 is 5.32 Å². The van der Waals surface area contributed by atoms with E-state index in [1.54, 1.807) is 0 Å². The summed E-state index contributed by atoms with van der Waals surface area (Å²) in [6.45, 7) is 4.67. The van der Waals surface area contributed by atoms with E-state index < -0.39 is 0 Å². The van der Waals surface area contributed by atoms with Gasteiger partial charge in [-0.15, -0.1) is 0 Å². The summed E-state index contributed by atoms with van der Waals surface area (Å²) in [6.07, 6.45) is 1.32. The predicted molar refractivity (Wildman–Crippen MR) is 71.5 cm³/mol. The molecule has 1 atom stereocenters. The Morgan fingerprint density at radius 3 is 3.00 bits per heavy atom. The second-order valence-corrected chi connectivity index (χ2v) is 5.39. The number of hydrogen-bond acceptors (Lipinski definition) is 2. The van der Waals surface area contributed by atoms with Crippen LogP contribution in [-0.2, 0) is 6.54 Å². The molecule has 1 aliphatic rings. The minimum absolute atomic E-state index is 0.826. The lowest BCUT2D eigenvalue weighted by molar-refractivity contribution is 0.315. The van der Waals surface area contributed by atoms with E-state index in [-0.39, 0.29) is 0 Å². The van der Waals surface area contributed by atoms with Crippen molar-refractivity contribution in [3.05, 3.63) is 34.3 Å². The van der Waals surface area contributed by atoms with Crippen LogP contribution in [0.5, 0.6) is 0 Å². The lowest BCUT2D eigenvalue weighted by Crippen LogP contribution is -2.24. The third-order valence-electron chi connectivity index (χ3n) is 3.21. The van der Waals surface area contributed by atoms with Crippen LogP contribution < -0.4 is 5.32 Å². The van der Waals surface area contributed by atoms with Gasteiger partial charge >= 0.3 is 0 Å². The van der Waals surface area contributed by atoms with Crippen molar-refractivity contribution in [3.8, 4) is 0 Å². The van der Waals surface area contributed by atoms with E-state index in [9.17, 15) is 0 Å². The highest BCUT2D eigenvalue weighted by Gasteiger charge is 2.21. The Labute approximate surface area is 106 Å². The van der Waals surface area contributed by atoms with Gasteiger partial charge in [0.1, 0.15) is 0 Å². The Morgan fingerprint density at radius 1 is 1.44 bits per heavy atom. The second-order valence-electron chi connectivity index (χ2n) is 4.54. The average Bonchev–Trinajstić information content (AvgIpc) is 2.70. The molecule has 0 spiro atoms. The quantitative estimate of drug-likeness (QED) is 0.913. The van der Waals surface area contributed by atoms with Gasteiger partial charge in [0, 0.05) is 17.6 Å². The number of halogens is 1. The zero-order valence-electron chi connectivity index (χ0n) is 9.75. The molecule has 0 saturated carbocycles. The molecule has 1 saturated heterocycles. The summed E-state index contributed by atoms with van der Waals surface area (Å²) in [5, 5.41) is 3.27. The van der Waals surface area contributed by atoms with E-state index in [0.29, 0.717) is 0 Å².